The van der Waals surface area contributed by atoms with Crippen LogP contribution in [0.1, 0.15) is 24.2 Å². The minimum absolute atomic E-state index is 0.198. The fourth-order valence-corrected chi connectivity index (χ4v) is 2.37. The maximum Gasteiger partial charge on any atom is 0.255 e. The maximum atomic E-state index is 12.4. The molecule has 22 heavy (non-hydrogen) atoms. The standard InChI is InChI=1S/C17H18BrNO3/c1-3-21-14-8-9-16(22-4-2)15(11-14)19-17(20)12-6-5-7-13(18)10-12/h5-11H,3-4H2,1-2H3,(H,19,20). The first kappa shape index (κ1) is 16.4. The molecule has 0 aliphatic heterocycles. The Kier molecular flexibility index (Phi) is 5.83. The molecular weight excluding hydrogens is 346 g/mol. The van der Waals surface area contributed by atoms with Gasteiger partial charge in [0.1, 0.15) is 11.5 Å². The summed E-state index contributed by atoms with van der Waals surface area (Å²) in [5.41, 5.74) is 1.16. The summed E-state index contributed by atoms with van der Waals surface area (Å²) in [6, 6.07) is 12.6. The first-order valence-corrected chi connectivity index (χ1v) is 7.90. The predicted molar refractivity (Wildman–Crippen MR) is 90.9 cm³/mol. The van der Waals surface area contributed by atoms with E-state index >= 15 is 0 Å². The number of anilines is 1. The van der Waals surface area contributed by atoms with Gasteiger partial charge in [-0.1, -0.05) is 22.0 Å². The molecule has 5 heteroatoms. The molecular formula is C17H18BrNO3. The molecule has 0 aromatic heterocycles. The molecule has 2 rings (SSSR count). The van der Waals surface area contributed by atoms with E-state index < -0.39 is 0 Å². The Labute approximate surface area is 138 Å². The topological polar surface area (TPSA) is 47.6 Å². The minimum Gasteiger partial charge on any atom is -0.494 e. The molecule has 0 aliphatic carbocycles. The number of carbonyl (C=O) groups excluding carboxylic acids is 1. The van der Waals surface area contributed by atoms with Crippen LogP contribution >= 0.6 is 15.9 Å². The number of rotatable bonds is 6. The van der Waals surface area contributed by atoms with Crippen molar-refractivity contribution in [3.63, 3.8) is 0 Å². The lowest BCUT2D eigenvalue weighted by Crippen LogP contribution is -2.13. The summed E-state index contributed by atoms with van der Waals surface area (Å²) in [5.74, 6) is 1.11. The van der Waals surface area contributed by atoms with Gasteiger partial charge >= 0.3 is 0 Å². The molecule has 0 aliphatic rings. The maximum absolute atomic E-state index is 12.4. The monoisotopic (exact) mass is 363 g/mol. The van der Waals surface area contributed by atoms with E-state index in [0.717, 1.165) is 4.47 Å². The highest BCUT2D eigenvalue weighted by Gasteiger charge is 2.11. The molecule has 0 spiro atoms. The predicted octanol–water partition coefficient (Wildman–Crippen LogP) is 4.50. The summed E-state index contributed by atoms with van der Waals surface area (Å²) in [6.45, 7) is 4.90. The van der Waals surface area contributed by atoms with E-state index in [1.54, 1.807) is 24.3 Å². The minimum atomic E-state index is -0.198. The van der Waals surface area contributed by atoms with E-state index in [2.05, 4.69) is 21.2 Å². The van der Waals surface area contributed by atoms with Gasteiger partial charge < -0.3 is 14.8 Å². The zero-order chi connectivity index (χ0) is 15.9. The van der Waals surface area contributed by atoms with Crippen LogP contribution in [0.15, 0.2) is 46.9 Å². The molecule has 0 unspecified atom stereocenters. The highest BCUT2D eigenvalue weighted by atomic mass is 79.9. The fraction of sp³-hybridized carbons (Fsp3) is 0.235. The van der Waals surface area contributed by atoms with E-state index in [0.29, 0.717) is 36.0 Å². The quantitative estimate of drug-likeness (QED) is 0.821. The molecule has 0 saturated heterocycles. The number of benzene rings is 2. The van der Waals surface area contributed by atoms with Crippen LogP contribution in [0.2, 0.25) is 0 Å². The Morgan fingerprint density at radius 3 is 2.55 bits per heavy atom. The average molecular weight is 364 g/mol. The summed E-state index contributed by atoms with van der Waals surface area (Å²) in [7, 11) is 0. The zero-order valence-corrected chi connectivity index (χ0v) is 14.1. The molecule has 0 fully saturated rings. The summed E-state index contributed by atoms with van der Waals surface area (Å²) >= 11 is 3.36. The molecule has 0 bridgehead atoms. The second-order valence-corrected chi connectivity index (χ2v) is 5.40. The first-order valence-electron chi connectivity index (χ1n) is 7.10. The van der Waals surface area contributed by atoms with Crippen LogP contribution in [0, 0.1) is 0 Å². The van der Waals surface area contributed by atoms with Crippen molar-refractivity contribution in [2.24, 2.45) is 0 Å². The van der Waals surface area contributed by atoms with Crippen LogP contribution in [0.25, 0.3) is 0 Å². The third-order valence-electron chi connectivity index (χ3n) is 2.90. The first-order chi connectivity index (χ1) is 10.6. The molecule has 0 heterocycles. The molecule has 2 aromatic carbocycles. The number of halogens is 1. The van der Waals surface area contributed by atoms with Gasteiger partial charge in [-0.15, -0.1) is 0 Å². The van der Waals surface area contributed by atoms with Crippen molar-refractivity contribution in [2.45, 2.75) is 13.8 Å². The number of amides is 1. The Bertz CT molecular complexity index is 658. The Morgan fingerprint density at radius 2 is 1.86 bits per heavy atom. The summed E-state index contributed by atoms with van der Waals surface area (Å²) in [5, 5.41) is 2.87. The number of nitrogens with one attached hydrogen (secondary N) is 1. The smallest absolute Gasteiger partial charge is 0.255 e. The van der Waals surface area contributed by atoms with Crippen LogP contribution in [-0.4, -0.2) is 19.1 Å². The number of hydrogen-bond donors (Lipinski definition) is 1. The van der Waals surface area contributed by atoms with E-state index in [1.165, 1.54) is 0 Å². The van der Waals surface area contributed by atoms with Gasteiger partial charge in [-0.3, -0.25) is 4.79 Å². The van der Waals surface area contributed by atoms with E-state index in [1.807, 2.05) is 32.0 Å². The lowest BCUT2D eigenvalue weighted by molar-refractivity contribution is 0.102. The van der Waals surface area contributed by atoms with Crippen LogP contribution in [0.5, 0.6) is 11.5 Å². The normalized spacial score (nSPS) is 10.1. The molecule has 0 radical (unpaired) electrons. The van der Waals surface area contributed by atoms with Gasteiger partial charge in [-0.25, -0.2) is 0 Å². The van der Waals surface area contributed by atoms with Gasteiger partial charge in [-0.05, 0) is 44.2 Å². The van der Waals surface area contributed by atoms with Crippen LogP contribution < -0.4 is 14.8 Å². The highest BCUT2D eigenvalue weighted by molar-refractivity contribution is 9.10. The number of carbonyl (C=O) groups is 1. The molecule has 1 N–H and O–H groups in total. The molecule has 2 aromatic rings. The van der Waals surface area contributed by atoms with Gasteiger partial charge in [0.15, 0.2) is 0 Å². The van der Waals surface area contributed by atoms with Gasteiger partial charge in [0.2, 0.25) is 0 Å². The number of hydrogen-bond acceptors (Lipinski definition) is 3. The van der Waals surface area contributed by atoms with E-state index in [4.69, 9.17) is 9.47 Å². The van der Waals surface area contributed by atoms with E-state index in [9.17, 15) is 4.79 Å². The van der Waals surface area contributed by atoms with Crippen molar-refractivity contribution < 1.29 is 14.3 Å². The van der Waals surface area contributed by atoms with Crippen molar-refractivity contribution in [2.75, 3.05) is 18.5 Å². The van der Waals surface area contributed by atoms with Crippen molar-refractivity contribution >= 4 is 27.5 Å². The largest absolute Gasteiger partial charge is 0.494 e. The lowest BCUT2D eigenvalue weighted by Gasteiger charge is -2.13. The van der Waals surface area contributed by atoms with Gasteiger partial charge in [0.05, 0.1) is 18.9 Å². The lowest BCUT2D eigenvalue weighted by atomic mass is 10.2. The van der Waals surface area contributed by atoms with Gasteiger partial charge in [0.25, 0.3) is 5.91 Å². The van der Waals surface area contributed by atoms with Crippen molar-refractivity contribution in [1.82, 2.24) is 0 Å². The van der Waals surface area contributed by atoms with Crippen molar-refractivity contribution in [3.8, 4) is 11.5 Å². The molecule has 0 saturated carbocycles. The van der Waals surface area contributed by atoms with Crippen LogP contribution in [0.4, 0.5) is 5.69 Å². The Morgan fingerprint density at radius 1 is 1.09 bits per heavy atom. The molecule has 0 atom stereocenters. The third-order valence-corrected chi connectivity index (χ3v) is 3.39. The second-order valence-electron chi connectivity index (χ2n) is 4.49. The summed E-state index contributed by atoms with van der Waals surface area (Å²) < 4.78 is 11.9. The fourth-order valence-electron chi connectivity index (χ4n) is 1.97. The second kappa shape index (κ2) is 7.84. The summed E-state index contributed by atoms with van der Waals surface area (Å²) in [4.78, 5) is 12.4. The third kappa shape index (κ3) is 4.24. The summed E-state index contributed by atoms with van der Waals surface area (Å²) in [6.07, 6.45) is 0. The Balaban J connectivity index is 2.25. The van der Waals surface area contributed by atoms with E-state index in [-0.39, 0.29) is 5.91 Å². The molecule has 116 valence electrons. The van der Waals surface area contributed by atoms with Crippen molar-refractivity contribution in [1.29, 1.82) is 0 Å². The molecule has 4 nitrogen and oxygen atoms in total. The number of ether oxygens (including phenoxy) is 2. The van der Waals surface area contributed by atoms with Crippen molar-refractivity contribution in [3.05, 3.63) is 52.5 Å². The van der Waals surface area contributed by atoms with Crippen LogP contribution in [0.3, 0.4) is 0 Å². The Hall–Kier alpha value is -2.01. The van der Waals surface area contributed by atoms with Gasteiger partial charge in [0, 0.05) is 16.1 Å². The van der Waals surface area contributed by atoms with Gasteiger partial charge in [-0.2, -0.15) is 0 Å². The highest BCUT2D eigenvalue weighted by Crippen LogP contribution is 2.30. The average Bonchev–Trinajstić information content (AvgIpc) is 2.50. The van der Waals surface area contributed by atoms with Crippen LogP contribution in [-0.2, 0) is 0 Å². The SMILES string of the molecule is CCOc1ccc(OCC)c(NC(=O)c2cccc(Br)c2)c1. The zero-order valence-electron chi connectivity index (χ0n) is 12.6. The molecule has 1 amide bonds.